The molecule has 0 saturated heterocycles. The normalized spacial score (nSPS) is 14.4. The molecular formula is C38H26N4. The van der Waals surface area contributed by atoms with E-state index in [1.807, 2.05) is 72.8 Å². The first-order chi connectivity index (χ1) is 20.8. The van der Waals surface area contributed by atoms with Crippen LogP contribution in [0.5, 0.6) is 0 Å². The van der Waals surface area contributed by atoms with Gasteiger partial charge in [0.05, 0.1) is 11.6 Å². The molecule has 0 bridgehead atoms. The monoisotopic (exact) mass is 538 g/mol. The summed E-state index contributed by atoms with van der Waals surface area (Å²) < 4.78 is 0. The first-order valence-electron chi connectivity index (χ1n) is 13.9. The molecule has 0 amide bonds. The Morgan fingerprint density at radius 3 is 1.93 bits per heavy atom. The maximum absolute atomic E-state index is 9.30. The summed E-state index contributed by atoms with van der Waals surface area (Å²) in [5, 5.41) is 15.2. The van der Waals surface area contributed by atoms with Gasteiger partial charge in [-0.25, -0.2) is 9.98 Å². The van der Waals surface area contributed by atoms with Gasteiger partial charge in [-0.15, -0.1) is 0 Å². The Labute approximate surface area is 245 Å². The van der Waals surface area contributed by atoms with Gasteiger partial charge >= 0.3 is 0 Å². The van der Waals surface area contributed by atoms with E-state index in [0.29, 0.717) is 11.4 Å². The van der Waals surface area contributed by atoms with Crippen LogP contribution in [0.1, 0.15) is 28.4 Å². The Balaban J connectivity index is 1.30. The summed E-state index contributed by atoms with van der Waals surface area (Å²) in [6.07, 6.45) is -0.285. The first-order valence-corrected chi connectivity index (χ1v) is 13.9. The molecule has 1 N–H and O–H groups in total. The van der Waals surface area contributed by atoms with E-state index in [-0.39, 0.29) is 6.17 Å². The van der Waals surface area contributed by atoms with Crippen molar-refractivity contribution in [1.29, 1.82) is 5.26 Å². The molecule has 1 unspecified atom stereocenters. The number of rotatable bonds is 5. The molecule has 4 heteroatoms. The number of nitrogens with one attached hydrogen (secondary N) is 1. The number of benzene rings is 6. The SMILES string of the molecule is N#Cc1ccc(-c2ccc3ccccc3c2-c2ccc(C3N=C(c4ccccc4)N=C(c4ccccc4)N3)cc2)cc1. The lowest BCUT2D eigenvalue weighted by molar-refractivity contribution is 0.674. The van der Waals surface area contributed by atoms with Gasteiger partial charge in [-0.05, 0) is 50.7 Å². The highest BCUT2D eigenvalue weighted by atomic mass is 15.2. The summed E-state index contributed by atoms with van der Waals surface area (Å²) in [4.78, 5) is 9.91. The van der Waals surface area contributed by atoms with Crippen molar-refractivity contribution < 1.29 is 0 Å². The summed E-state index contributed by atoms with van der Waals surface area (Å²) in [6, 6.07) is 51.8. The lowest BCUT2D eigenvalue weighted by Gasteiger charge is -2.24. The molecule has 1 aliphatic heterocycles. The summed E-state index contributed by atoms with van der Waals surface area (Å²) in [5.74, 6) is 1.51. The highest BCUT2D eigenvalue weighted by Gasteiger charge is 2.21. The summed E-state index contributed by atoms with van der Waals surface area (Å²) in [7, 11) is 0. The van der Waals surface area contributed by atoms with Crippen molar-refractivity contribution in [2.45, 2.75) is 6.17 Å². The van der Waals surface area contributed by atoms with Crippen LogP contribution in [0.15, 0.2) is 156 Å². The molecular weight excluding hydrogens is 512 g/mol. The van der Waals surface area contributed by atoms with Crippen LogP contribution in [0.25, 0.3) is 33.0 Å². The van der Waals surface area contributed by atoms with E-state index in [1.54, 1.807) is 0 Å². The van der Waals surface area contributed by atoms with Gasteiger partial charge in [-0.1, -0.05) is 133 Å². The number of amidine groups is 2. The fourth-order valence-corrected chi connectivity index (χ4v) is 5.46. The smallest absolute Gasteiger partial charge is 0.159 e. The predicted molar refractivity (Wildman–Crippen MR) is 171 cm³/mol. The third kappa shape index (κ3) is 4.85. The van der Waals surface area contributed by atoms with E-state index in [9.17, 15) is 5.26 Å². The maximum Gasteiger partial charge on any atom is 0.159 e. The Hall–Kier alpha value is -5.79. The Morgan fingerprint density at radius 1 is 0.571 bits per heavy atom. The van der Waals surface area contributed by atoms with Gasteiger partial charge in [0.25, 0.3) is 0 Å². The minimum atomic E-state index is -0.285. The van der Waals surface area contributed by atoms with Gasteiger partial charge < -0.3 is 5.32 Å². The largest absolute Gasteiger partial charge is 0.344 e. The molecule has 1 heterocycles. The Morgan fingerprint density at radius 2 is 1.21 bits per heavy atom. The molecule has 1 aliphatic rings. The lowest BCUT2D eigenvalue weighted by Crippen LogP contribution is -2.33. The van der Waals surface area contributed by atoms with Gasteiger partial charge in [0.1, 0.15) is 12.0 Å². The molecule has 0 spiro atoms. The summed E-state index contributed by atoms with van der Waals surface area (Å²) >= 11 is 0. The van der Waals surface area contributed by atoms with Crippen molar-refractivity contribution in [3.05, 3.63) is 168 Å². The zero-order chi connectivity index (χ0) is 28.3. The zero-order valence-electron chi connectivity index (χ0n) is 22.8. The van der Waals surface area contributed by atoms with E-state index < -0.39 is 0 Å². The minimum absolute atomic E-state index is 0.285. The average molecular weight is 539 g/mol. The van der Waals surface area contributed by atoms with Crippen molar-refractivity contribution >= 4 is 22.4 Å². The molecule has 6 aromatic rings. The van der Waals surface area contributed by atoms with E-state index in [0.717, 1.165) is 39.2 Å². The number of nitriles is 1. The quantitative estimate of drug-likeness (QED) is 0.239. The summed E-state index contributed by atoms with van der Waals surface area (Å²) in [6.45, 7) is 0. The molecule has 1 atom stereocenters. The van der Waals surface area contributed by atoms with Gasteiger partial charge in [0.2, 0.25) is 0 Å². The second-order valence-corrected chi connectivity index (χ2v) is 10.2. The standard InChI is InChI=1S/C38H26N4/c39-25-26-15-17-28(18-16-26)34-24-23-27-9-7-8-14-33(27)35(34)29-19-21-32(22-20-29)38-41-36(30-10-3-1-4-11-30)40-37(42-38)31-12-5-2-6-13-31/h1-24,38H,(H,40,41,42). The van der Waals surface area contributed by atoms with Crippen molar-refractivity contribution in [3.8, 4) is 28.3 Å². The number of nitrogens with zero attached hydrogens (tertiary/aromatic N) is 3. The van der Waals surface area contributed by atoms with Crippen LogP contribution in [0, 0.1) is 11.3 Å². The molecule has 4 nitrogen and oxygen atoms in total. The van der Waals surface area contributed by atoms with Crippen LogP contribution in [0.2, 0.25) is 0 Å². The number of aliphatic imine (C=N–C) groups is 2. The van der Waals surface area contributed by atoms with Crippen molar-refractivity contribution in [3.63, 3.8) is 0 Å². The third-order valence-electron chi connectivity index (χ3n) is 7.59. The molecule has 0 aromatic heterocycles. The van der Waals surface area contributed by atoms with Crippen molar-refractivity contribution in [2.24, 2.45) is 9.98 Å². The van der Waals surface area contributed by atoms with E-state index in [4.69, 9.17) is 9.98 Å². The fourth-order valence-electron chi connectivity index (χ4n) is 5.46. The highest BCUT2D eigenvalue weighted by molar-refractivity contribution is 6.13. The number of hydrogen-bond acceptors (Lipinski definition) is 4. The summed E-state index contributed by atoms with van der Waals surface area (Å²) in [5.41, 5.74) is 8.20. The number of hydrogen-bond donors (Lipinski definition) is 1. The highest BCUT2D eigenvalue weighted by Crippen LogP contribution is 2.39. The van der Waals surface area contributed by atoms with Crippen LogP contribution in [0.4, 0.5) is 0 Å². The van der Waals surface area contributed by atoms with E-state index >= 15 is 0 Å². The second-order valence-electron chi connectivity index (χ2n) is 10.2. The van der Waals surface area contributed by atoms with E-state index in [2.05, 4.69) is 84.2 Å². The third-order valence-corrected chi connectivity index (χ3v) is 7.59. The molecule has 42 heavy (non-hydrogen) atoms. The van der Waals surface area contributed by atoms with E-state index in [1.165, 1.54) is 16.3 Å². The molecule has 6 aromatic carbocycles. The molecule has 0 aliphatic carbocycles. The predicted octanol–water partition coefficient (Wildman–Crippen LogP) is 8.54. The minimum Gasteiger partial charge on any atom is -0.344 e. The Kier molecular flexibility index (Phi) is 6.60. The van der Waals surface area contributed by atoms with Gasteiger partial charge in [0.15, 0.2) is 5.84 Å². The van der Waals surface area contributed by atoms with Crippen LogP contribution in [-0.4, -0.2) is 11.7 Å². The molecule has 0 radical (unpaired) electrons. The lowest BCUT2D eigenvalue weighted by atomic mass is 9.89. The van der Waals surface area contributed by atoms with Crippen LogP contribution >= 0.6 is 0 Å². The maximum atomic E-state index is 9.30. The molecule has 0 fully saturated rings. The molecule has 198 valence electrons. The topological polar surface area (TPSA) is 60.5 Å². The molecule has 0 saturated carbocycles. The van der Waals surface area contributed by atoms with Crippen molar-refractivity contribution in [2.75, 3.05) is 0 Å². The number of fused-ring (bicyclic) bond motifs is 1. The Bertz CT molecular complexity index is 1980. The van der Waals surface area contributed by atoms with Crippen LogP contribution < -0.4 is 5.32 Å². The van der Waals surface area contributed by atoms with Crippen LogP contribution in [0.3, 0.4) is 0 Å². The molecule has 7 rings (SSSR count). The van der Waals surface area contributed by atoms with Crippen LogP contribution in [-0.2, 0) is 0 Å². The fraction of sp³-hybridized carbons (Fsp3) is 0.0263. The van der Waals surface area contributed by atoms with Gasteiger partial charge in [0, 0.05) is 11.1 Å². The zero-order valence-corrected chi connectivity index (χ0v) is 22.8. The average Bonchev–Trinajstić information content (AvgIpc) is 3.08. The second kappa shape index (κ2) is 11.0. The van der Waals surface area contributed by atoms with Crippen molar-refractivity contribution in [1.82, 2.24) is 5.32 Å². The van der Waals surface area contributed by atoms with Gasteiger partial charge in [-0.3, -0.25) is 0 Å². The van der Waals surface area contributed by atoms with Gasteiger partial charge in [-0.2, -0.15) is 5.26 Å². The first kappa shape index (κ1) is 25.2.